The maximum Gasteiger partial charge on any atom is 0.108 e. The van der Waals surface area contributed by atoms with Crippen molar-refractivity contribution in [1.29, 1.82) is 0 Å². The lowest BCUT2D eigenvalue weighted by Gasteiger charge is -2.39. The van der Waals surface area contributed by atoms with E-state index in [4.69, 9.17) is 4.42 Å². The molecule has 2 rings (SSSR count). The van der Waals surface area contributed by atoms with Crippen LogP contribution in [0.1, 0.15) is 58.4 Å². The van der Waals surface area contributed by atoms with Crippen LogP contribution in [0.2, 0.25) is 0 Å². The van der Waals surface area contributed by atoms with Gasteiger partial charge >= 0.3 is 0 Å². The second-order valence-corrected chi connectivity index (χ2v) is 8.72. The second-order valence-electron chi connectivity index (χ2n) is 6.72. The van der Waals surface area contributed by atoms with Crippen LogP contribution in [-0.4, -0.2) is 8.96 Å². The molecule has 0 fully saturated rings. The fourth-order valence-electron chi connectivity index (χ4n) is 2.32. The molecule has 3 nitrogen and oxygen atoms in total. The summed E-state index contributed by atoms with van der Waals surface area (Å²) in [6.07, 6.45) is 3.75. The zero-order valence-corrected chi connectivity index (χ0v) is 12.7. The van der Waals surface area contributed by atoms with Crippen LogP contribution < -0.4 is 4.72 Å². The number of hydrogen-bond acceptors (Lipinski definition) is 2. The molecule has 0 saturated carbocycles. The highest BCUT2D eigenvalue weighted by molar-refractivity contribution is 7.84. The van der Waals surface area contributed by atoms with E-state index in [0.717, 1.165) is 18.6 Å². The van der Waals surface area contributed by atoms with Crippen molar-refractivity contribution in [3.05, 3.63) is 23.7 Å². The first-order chi connectivity index (χ1) is 8.22. The van der Waals surface area contributed by atoms with Gasteiger partial charge in [-0.15, -0.1) is 0 Å². The first-order valence-corrected chi connectivity index (χ1v) is 7.61. The van der Waals surface area contributed by atoms with E-state index in [-0.39, 0.29) is 16.2 Å². The highest BCUT2D eigenvalue weighted by Gasteiger charge is 2.39. The van der Waals surface area contributed by atoms with Crippen LogP contribution in [0.15, 0.2) is 16.7 Å². The van der Waals surface area contributed by atoms with Gasteiger partial charge in [-0.25, -0.2) is 8.93 Å². The van der Waals surface area contributed by atoms with Gasteiger partial charge in [0.15, 0.2) is 0 Å². The standard InChI is InChI=1S/C14H23NO2S/c1-13(2,3)18(16)15-12-10-7-9-17-11(10)6-8-14(12,4)5/h7,9,12,15H,6,8H2,1-5H3. The number of furan rings is 1. The third kappa shape index (κ3) is 2.54. The Hall–Kier alpha value is -0.610. The average Bonchev–Trinajstić information content (AvgIpc) is 2.68. The van der Waals surface area contributed by atoms with E-state index in [1.807, 2.05) is 26.8 Å². The van der Waals surface area contributed by atoms with Crippen molar-refractivity contribution in [1.82, 2.24) is 4.72 Å². The van der Waals surface area contributed by atoms with E-state index in [1.165, 1.54) is 5.56 Å². The van der Waals surface area contributed by atoms with Gasteiger partial charge in [0, 0.05) is 12.0 Å². The highest BCUT2D eigenvalue weighted by atomic mass is 32.2. The van der Waals surface area contributed by atoms with E-state index in [2.05, 4.69) is 18.6 Å². The van der Waals surface area contributed by atoms with E-state index in [9.17, 15) is 4.21 Å². The molecular weight excluding hydrogens is 246 g/mol. The molecule has 0 amide bonds. The minimum atomic E-state index is -1.06. The predicted molar refractivity (Wildman–Crippen MR) is 74.6 cm³/mol. The lowest BCUT2D eigenvalue weighted by atomic mass is 9.73. The van der Waals surface area contributed by atoms with Gasteiger partial charge in [-0.2, -0.15) is 0 Å². The Kier molecular flexibility index (Phi) is 3.45. The molecule has 2 unspecified atom stereocenters. The summed E-state index contributed by atoms with van der Waals surface area (Å²) in [6, 6.07) is 2.10. The Morgan fingerprint density at radius 1 is 1.44 bits per heavy atom. The van der Waals surface area contributed by atoms with Gasteiger partial charge in [0.25, 0.3) is 0 Å². The number of rotatable bonds is 2. The molecule has 1 aliphatic rings. The van der Waals surface area contributed by atoms with E-state index >= 15 is 0 Å². The predicted octanol–water partition coefficient (Wildman–Crippen LogP) is 3.34. The van der Waals surface area contributed by atoms with Crippen molar-refractivity contribution in [2.24, 2.45) is 5.41 Å². The average molecular weight is 269 g/mol. The maximum atomic E-state index is 12.3. The van der Waals surface area contributed by atoms with Crippen LogP contribution in [0.4, 0.5) is 0 Å². The summed E-state index contributed by atoms with van der Waals surface area (Å²) in [5, 5.41) is 0. The minimum absolute atomic E-state index is 0.0950. The first kappa shape index (κ1) is 13.8. The first-order valence-electron chi connectivity index (χ1n) is 6.46. The van der Waals surface area contributed by atoms with E-state index in [1.54, 1.807) is 6.26 Å². The van der Waals surface area contributed by atoms with Gasteiger partial charge in [0.2, 0.25) is 0 Å². The molecule has 0 radical (unpaired) electrons. The minimum Gasteiger partial charge on any atom is -0.469 e. The molecule has 2 atom stereocenters. The fourth-order valence-corrected chi connectivity index (χ4v) is 3.33. The molecule has 4 heteroatoms. The molecule has 1 aromatic rings. The molecule has 0 aromatic carbocycles. The Morgan fingerprint density at radius 3 is 2.72 bits per heavy atom. The van der Waals surface area contributed by atoms with Gasteiger partial charge in [-0.05, 0) is 38.7 Å². The van der Waals surface area contributed by atoms with Crippen LogP contribution in [0.5, 0.6) is 0 Å². The van der Waals surface area contributed by atoms with Gasteiger partial charge in [-0.3, -0.25) is 0 Å². The summed E-state index contributed by atoms with van der Waals surface area (Å²) >= 11 is 0. The molecule has 1 N–H and O–H groups in total. The van der Waals surface area contributed by atoms with Gasteiger partial charge in [0.1, 0.15) is 5.76 Å². The fraction of sp³-hybridized carbons (Fsp3) is 0.714. The van der Waals surface area contributed by atoms with Crippen LogP contribution in [-0.2, 0) is 17.4 Å². The zero-order valence-electron chi connectivity index (χ0n) is 11.9. The third-order valence-electron chi connectivity index (χ3n) is 3.65. The molecule has 102 valence electrons. The SMILES string of the molecule is CC1(C)CCc2occc2C1NS(=O)C(C)(C)C. The number of fused-ring (bicyclic) bond motifs is 1. The lowest BCUT2D eigenvalue weighted by molar-refractivity contribution is 0.222. The van der Waals surface area contributed by atoms with Crippen LogP contribution in [0.3, 0.4) is 0 Å². The van der Waals surface area contributed by atoms with Crippen molar-refractivity contribution in [3.63, 3.8) is 0 Å². The smallest absolute Gasteiger partial charge is 0.108 e. The Balaban J connectivity index is 2.28. The van der Waals surface area contributed by atoms with Gasteiger partial charge in [-0.1, -0.05) is 13.8 Å². The number of aryl methyl sites for hydroxylation is 1. The monoisotopic (exact) mass is 269 g/mol. The Labute approximate surface area is 112 Å². The molecular formula is C14H23NO2S. The summed E-state index contributed by atoms with van der Waals surface area (Å²) in [7, 11) is -1.06. The zero-order chi connectivity index (χ0) is 13.6. The van der Waals surface area contributed by atoms with Gasteiger partial charge in [0.05, 0.1) is 28.0 Å². The van der Waals surface area contributed by atoms with Crippen molar-refractivity contribution in [2.75, 3.05) is 0 Å². The van der Waals surface area contributed by atoms with E-state index in [0.29, 0.717) is 0 Å². The van der Waals surface area contributed by atoms with Crippen LogP contribution in [0, 0.1) is 5.41 Å². The van der Waals surface area contributed by atoms with Crippen molar-refractivity contribution >= 4 is 11.0 Å². The van der Waals surface area contributed by atoms with Crippen LogP contribution in [0.25, 0.3) is 0 Å². The summed E-state index contributed by atoms with van der Waals surface area (Å²) in [4.78, 5) is 0. The normalized spacial score (nSPS) is 24.6. The molecule has 1 aliphatic carbocycles. The molecule has 0 saturated heterocycles. The molecule has 0 bridgehead atoms. The summed E-state index contributed by atoms with van der Waals surface area (Å²) in [5.41, 5.74) is 1.27. The van der Waals surface area contributed by atoms with E-state index < -0.39 is 11.0 Å². The molecule has 0 aliphatic heterocycles. The Morgan fingerprint density at radius 2 is 2.11 bits per heavy atom. The Bertz CT molecular complexity index is 457. The number of nitrogens with one attached hydrogen (secondary N) is 1. The van der Waals surface area contributed by atoms with Crippen molar-refractivity contribution < 1.29 is 8.63 Å². The highest BCUT2D eigenvalue weighted by Crippen LogP contribution is 2.44. The van der Waals surface area contributed by atoms with Crippen molar-refractivity contribution in [3.8, 4) is 0 Å². The maximum absolute atomic E-state index is 12.3. The molecule has 1 heterocycles. The second kappa shape index (κ2) is 4.49. The lowest BCUT2D eigenvalue weighted by Crippen LogP contribution is -2.43. The van der Waals surface area contributed by atoms with Gasteiger partial charge < -0.3 is 4.42 Å². The summed E-state index contributed by atoms with van der Waals surface area (Å²) < 4.78 is 20.9. The molecule has 18 heavy (non-hydrogen) atoms. The molecule has 1 aromatic heterocycles. The summed E-state index contributed by atoms with van der Waals surface area (Å²) in [6.45, 7) is 10.4. The third-order valence-corrected chi connectivity index (χ3v) is 5.21. The number of hydrogen-bond donors (Lipinski definition) is 1. The van der Waals surface area contributed by atoms with Crippen LogP contribution >= 0.6 is 0 Å². The quantitative estimate of drug-likeness (QED) is 0.894. The largest absolute Gasteiger partial charge is 0.469 e. The summed E-state index contributed by atoms with van der Waals surface area (Å²) in [5.74, 6) is 1.04. The topological polar surface area (TPSA) is 42.2 Å². The molecule has 0 spiro atoms. The van der Waals surface area contributed by atoms with Crippen molar-refractivity contribution in [2.45, 2.75) is 58.2 Å².